The van der Waals surface area contributed by atoms with E-state index in [2.05, 4.69) is 0 Å². The van der Waals surface area contributed by atoms with Crippen molar-refractivity contribution in [1.29, 1.82) is 0 Å². The molecule has 0 saturated heterocycles. The van der Waals surface area contributed by atoms with Gasteiger partial charge in [-0.1, -0.05) is 23.7 Å². The van der Waals surface area contributed by atoms with E-state index in [1.807, 2.05) is 18.2 Å². The molecule has 21 heavy (non-hydrogen) atoms. The Balaban J connectivity index is 2.06. The summed E-state index contributed by atoms with van der Waals surface area (Å²) in [6, 6.07) is 12.6. The molecule has 0 radical (unpaired) electrons. The van der Waals surface area contributed by atoms with E-state index in [1.54, 1.807) is 38.5 Å². The van der Waals surface area contributed by atoms with Crippen molar-refractivity contribution >= 4 is 29.1 Å². The van der Waals surface area contributed by atoms with Crippen LogP contribution in [-0.4, -0.2) is 25.8 Å². The zero-order chi connectivity index (χ0) is 15.2. The average Bonchev–Trinajstić information content (AvgIpc) is 2.52. The van der Waals surface area contributed by atoms with Crippen molar-refractivity contribution in [2.75, 3.05) is 20.0 Å². The van der Waals surface area contributed by atoms with Crippen LogP contribution < -0.4 is 9.47 Å². The molecule has 3 nitrogen and oxygen atoms in total. The maximum absolute atomic E-state index is 12.2. The Hall–Kier alpha value is -1.65. The van der Waals surface area contributed by atoms with Crippen LogP contribution in [0.25, 0.3) is 0 Å². The number of halogens is 1. The third-order valence-electron chi connectivity index (χ3n) is 2.90. The maximum Gasteiger partial charge on any atom is 0.174 e. The third-order valence-corrected chi connectivity index (χ3v) is 4.22. The van der Waals surface area contributed by atoms with Gasteiger partial charge in [-0.05, 0) is 30.3 Å². The molecular weight excluding hydrogens is 308 g/mol. The molecule has 0 aromatic heterocycles. The Labute approximate surface area is 133 Å². The van der Waals surface area contributed by atoms with E-state index in [4.69, 9.17) is 21.1 Å². The number of ether oxygens (including phenoxy) is 2. The van der Waals surface area contributed by atoms with Crippen molar-refractivity contribution in [1.82, 2.24) is 0 Å². The molecule has 2 aromatic carbocycles. The molecule has 0 heterocycles. The molecule has 0 atom stereocenters. The van der Waals surface area contributed by atoms with Gasteiger partial charge in [-0.25, -0.2) is 0 Å². The average molecular weight is 323 g/mol. The van der Waals surface area contributed by atoms with E-state index < -0.39 is 0 Å². The summed E-state index contributed by atoms with van der Waals surface area (Å²) in [6.45, 7) is 0. The Morgan fingerprint density at radius 3 is 2.48 bits per heavy atom. The Kier molecular flexibility index (Phi) is 5.53. The van der Waals surface area contributed by atoms with E-state index in [0.717, 1.165) is 4.90 Å². The number of methoxy groups -OCH3 is 2. The Morgan fingerprint density at radius 1 is 1.10 bits per heavy atom. The second-order valence-electron chi connectivity index (χ2n) is 4.21. The van der Waals surface area contributed by atoms with Crippen LogP contribution in [0.4, 0.5) is 0 Å². The summed E-state index contributed by atoms with van der Waals surface area (Å²) in [5.41, 5.74) is 0.548. The van der Waals surface area contributed by atoms with Crippen LogP contribution in [0.15, 0.2) is 47.4 Å². The molecule has 0 amide bonds. The molecule has 2 rings (SSSR count). The first-order valence-electron chi connectivity index (χ1n) is 6.28. The van der Waals surface area contributed by atoms with Crippen molar-refractivity contribution < 1.29 is 14.3 Å². The highest BCUT2D eigenvalue weighted by Crippen LogP contribution is 2.32. The molecule has 0 aliphatic carbocycles. The van der Waals surface area contributed by atoms with Gasteiger partial charge < -0.3 is 9.47 Å². The molecule has 0 N–H and O–H groups in total. The van der Waals surface area contributed by atoms with Crippen LogP contribution in [0, 0.1) is 0 Å². The fraction of sp³-hybridized carbons (Fsp3) is 0.188. The van der Waals surface area contributed by atoms with Gasteiger partial charge in [0, 0.05) is 10.5 Å². The highest BCUT2D eigenvalue weighted by molar-refractivity contribution is 8.00. The lowest BCUT2D eigenvalue weighted by Crippen LogP contribution is -2.03. The fourth-order valence-corrected chi connectivity index (χ4v) is 2.87. The highest BCUT2D eigenvalue weighted by Gasteiger charge is 2.11. The van der Waals surface area contributed by atoms with Crippen molar-refractivity contribution in [3.63, 3.8) is 0 Å². The zero-order valence-corrected chi connectivity index (χ0v) is 13.3. The summed E-state index contributed by atoms with van der Waals surface area (Å²) < 4.78 is 10.4. The lowest BCUT2D eigenvalue weighted by atomic mass is 10.1. The molecular formula is C16H15ClO3S. The Morgan fingerprint density at radius 2 is 1.81 bits per heavy atom. The predicted octanol–water partition coefficient (Wildman–Crippen LogP) is 4.33. The number of rotatable bonds is 6. The number of thioether (sulfide) groups is 1. The molecule has 0 fully saturated rings. The summed E-state index contributed by atoms with van der Waals surface area (Å²) in [6.07, 6.45) is 0. The van der Waals surface area contributed by atoms with Gasteiger partial charge in [0.25, 0.3) is 0 Å². The van der Waals surface area contributed by atoms with E-state index >= 15 is 0 Å². The molecule has 2 aromatic rings. The SMILES string of the molecule is COc1ccc(SCC(=O)c2ccccc2Cl)cc1OC. The minimum Gasteiger partial charge on any atom is -0.493 e. The first-order chi connectivity index (χ1) is 10.2. The smallest absolute Gasteiger partial charge is 0.174 e. The monoisotopic (exact) mass is 322 g/mol. The molecule has 0 bridgehead atoms. The standard InChI is InChI=1S/C16H15ClO3S/c1-19-15-8-7-11(9-16(15)20-2)21-10-14(18)12-5-3-4-6-13(12)17/h3-9H,10H2,1-2H3. The number of benzene rings is 2. The van der Waals surface area contributed by atoms with E-state index in [1.165, 1.54) is 11.8 Å². The topological polar surface area (TPSA) is 35.5 Å². The molecule has 0 spiro atoms. The second-order valence-corrected chi connectivity index (χ2v) is 5.66. The van der Waals surface area contributed by atoms with Crippen LogP contribution in [0.3, 0.4) is 0 Å². The van der Waals surface area contributed by atoms with Gasteiger partial charge >= 0.3 is 0 Å². The number of carbonyl (C=O) groups excluding carboxylic acids is 1. The molecule has 0 aliphatic heterocycles. The van der Waals surface area contributed by atoms with Crippen LogP contribution >= 0.6 is 23.4 Å². The fourth-order valence-electron chi connectivity index (χ4n) is 1.82. The van der Waals surface area contributed by atoms with Gasteiger partial charge in [-0.2, -0.15) is 0 Å². The lowest BCUT2D eigenvalue weighted by molar-refractivity contribution is 0.102. The summed E-state index contributed by atoms with van der Waals surface area (Å²) in [5.74, 6) is 1.63. The van der Waals surface area contributed by atoms with Crippen molar-refractivity contribution in [2.24, 2.45) is 0 Å². The summed E-state index contributed by atoms with van der Waals surface area (Å²) >= 11 is 7.46. The number of hydrogen-bond donors (Lipinski definition) is 0. The summed E-state index contributed by atoms with van der Waals surface area (Å²) in [7, 11) is 3.17. The van der Waals surface area contributed by atoms with Gasteiger partial charge in [0.15, 0.2) is 17.3 Å². The van der Waals surface area contributed by atoms with E-state index in [9.17, 15) is 4.79 Å². The van der Waals surface area contributed by atoms with Gasteiger partial charge in [0.1, 0.15) is 0 Å². The molecule has 0 saturated carbocycles. The van der Waals surface area contributed by atoms with Crippen molar-refractivity contribution in [3.05, 3.63) is 53.1 Å². The Bertz CT molecular complexity index is 643. The van der Waals surface area contributed by atoms with Gasteiger partial charge in [0.2, 0.25) is 0 Å². The van der Waals surface area contributed by atoms with Crippen LogP contribution in [-0.2, 0) is 0 Å². The van der Waals surface area contributed by atoms with Gasteiger partial charge in [-0.15, -0.1) is 11.8 Å². The van der Waals surface area contributed by atoms with Crippen LogP contribution in [0.2, 0.25) is 5.02 Å². The van der Waals surface area contributed by atoms with Crippen LogP contribution in [0.1, 0.15) is 10.4 Å². The molecule has 5 heteroatoms. The van der Waals surface area contributed by atoms with Gasteiger partial charge in [0.05, 0.1) is 25.0 Å². The molecule has 0 unspecified atom stereocenters. The minimum absolute atomic E-state index is 0.000356. The minimum atomic E-state index is 0.000356. The summed E-state index contributed by atoms with van der Waals surface area (Å²) in [5, 5.41) is 0.482. The highest BCUT2D eigenvalue weighted by atomic mass is 35.5. The zero-order valence-electron chi connectivity index (χ0n) is 11.8. The quantitative estimate of drug-likeness (QED) is 0.585. The number of carbonyl (C=O) groups is 1. The maximum atomic E-state index is 12.2. The van der Waals surface area contributed by atoms with Crippen molar-refractivity contribution in [3.8, 4) is 11.5 Å². The molecule has 110 valence electrons. The number of hydrogen-bond acceptors (Lipinski definition) is 4. The lowest BCUT2D eigenvalue weighted by Gasteiger charge is -2.09. The van der Waals surface area contributed by atoms with Gasteiger partial charge in [-0.3, -0.25) is 4.79 Å². The first kappa shape index (κ1) is 15.7. The second kappa shape index (κ2) is 7.38. The predicted molar refractivity (Wildman–Crippen MR) is 86.1 cm³/mol. The number of Topliss-reactive ketones (excluding diaryl/α,β-unsaturated/α-hetero) is 1. The largest absolute Gasteiger partial charge is 0.493 e. The summed E-state index contributed by atoms with van der Waals surface area (Å²) in [4.78, 5) is 13.1. The van der Waals surface area contributed by atoms with E-state index in [-0.39, 0.29) is 5.78 Å². The third kappa shape index (κ3) is 3.93. The number of ketones is 1. The van der Waals surface area contributed by atoms with Crippen molar-refractivity contribution in [2.45, 2.75) is 4.90 Å². The van der Waals surface area contributed by atoms with E-state index in [0.29, 0.717) is 27.8 Å². The first-order valence-corrected chi connectivity index (χ1v) is 7.64. The van der Waals surface area contributed by atoms with Crippen LogP contribution in [0.5, 0.6) is 11.5 Å². The normalized spacial score (nSPS) is 10.2. The molecule has 0 aliphatic rings.